The van der Waals surface area contributed by atoms with Gasteiger partial charge < -0.3 is 9.88 Å². The van der Waals surface area contributed by atoms with Gasteiger partial charge in [0.2, 0.25) is 0 Å². The van der Waals surface area contributed by atoms with E-state index in [1.165, 1.54) is 3.57 Å². The summed E-state index contributed by atoms with van der Waals surface area (Å²) in [7, 11) is 0. The molecule has 0 saturated heterocycles. The fraction of sp³-hybridized carbons (Fsp3) is 0.167. The first kappa shape index (κ1) is 20.9. The van der Waals surface area contributed by atoms with Crippen LogP contribution in [0, 0.1) is 28.7 Å². The number of aryl methyl sites for hydroxylation is 1. The van der Waals surface area contributed by atoms with E-state index in [0.717, 1.165) is 28.2 Å². The van der Waals surface area contributed by atoms with Crippen molar-refractivity contribution in [3.05, 3.63) is 92.3 Å². The van der Waals surface area contributed by atoms with Crippen LogP contribution < -0.4 is 5.32 Å². The first-order chi connectivity index (χ1) is 13.9. The third-order valence-corrected chi connectivity index (χ3v) is 5.59. The van der Waals surface area contributed by atoms with Crippen molar-refractivity contribution < 1.29 is 4.79 Å². The fourth-order valence-electron chi connectivity index (χ4n) is 3.32. The summed E-state index contributed by atoms with van der Waals surface area (Å²) in [5.41, 5.74) is 5.04. The van der Waals surface area contributed by atoms with Crippen LogP contribution in [0.2, 0.25) is 0 Å². The number of nitriles is 1. The normalized spacial score (nSPS) is 12.3. The predicted molar refractivity (Wildman–Crippen MR) is 125 cm³/mol. The largest absolute Gasteiger partial charge is 0.345 e. The lowest BCUT2D eigenvalue weighted by Gasteiger charge is -2.13. The number of hydrogen-bond donors (Lipinski definition) is 1. The van der Waals surface area contributed by atoms with Crippen LogP contribution in [-0.2, 0) is 4.79 Å². The van der Waals surface area contributed by atoms with Crippen LogP contribution in [-0.4, -0.2) is 10.5 Å². The molecule has 29 heavy (non-hydrogen) atoms. The highest BCUT2D eigenvalue weighted by Gasteiger charge is 2.16. The van der Waals surface area contributed by atoms with E-state index in [1.54, 1.807) is 6.08 Å². The molecule has 1 heterocycles. The van der Waals surface area contributed by atoms with Crippen LogP contribution in [0.25, 0.3) is 11.8 Å². The zero-order valence-corrected chi connectivity index (χ0v) is 18.8. The maximum Gasteiger partial charge on any atom is 0.262 e. The minimum atomic E-state index is -0.372. The van der Waals surface area contributed by atoms with E-state index in [4.69, 9.17) is 0 Å². The molecule has 0 aliphatic rings. The number of hydrogen-bond acceptors (Lipinski definition) is 2. The Morgan fingerprint density at radius 2 is 1.79 bits per heavy atom. The van der Waals surface area contributed by atoms with Gasteiger partial charge in [0.1, 0.15) is 11.6 Å². The number of aromatic nitrogens is 1. The van der Waals surface area contributed by atoms with E-state index in [-0.39, 0.29) is 17.5 Å². The lowest BCUT2D eigenvalue weighted by atomic mass is 10.1. The van der Waals surface area contributed by atoms with Crippen molar-refractivity contribution >= 4 is 34.6 Å². The van der Waals surface area contributed by atoms with Crippen LogP contribution >= 0.6 is 22.6 Å². The lowest BCUT2D eigenvalue weighted by molar-refractivity contribution is -0.117. The summed E-state index contributed by atoms with van der Waals surface area (Å²) < 4.78 is 3.30. The van der Waals surface area contributed by atoms with Crippen molar-refractivity contribution in [3.8, 4) is 11.8 Å². The Labute approximate surface area is 185 Å². The van der Waals surface area contributed by atoms with Gasteiger partial charge in [-0.3, -0.25) is 4.79 Å². The number of halogens is 1. The molecule has 4 nitrogen and oxygen atoms in total. The summed E-state index contributed by atoms with van der Waals surface area (Å²) in [5, 5.41) is 12.5. The van der Waals surface area contributed by atoms with Gasteiger partial charge in [-0.15, -0.1) is 0 Å². The summed E-state index contributed by atoms with van der Waals surface area (Å²) in [6, 6.07) is 21.8. The van der Waals surface area contributed by atoms with E-state index < -0.39 is 0 Å². The molecule has 1 aromatic heterocycles. The lowest BCUT2D eigenvalue weighted by Crippen LogP contribution is -2.27. The molecule has 1 amide bonds. The van der Waals surface area contributed by atoms with Gasteiger partial charge >= 0.3 is 0 Å². The fourth-order valence-corrected chi connectivity index (χ4v) is 3.68. The molecule has 0 saturated carbocycles. The van der Waals surface area contributed by atoms with E-state index in [9.17, 15) is 10.1 Å². The predicted octanol–water partition coefficient (Wildman–Crippen LogP) is 5.48. The van der Waals surface area contributed by atoms with Crippen LogP contribution in [0.3, 0.4) is 0 Å². The third-order valence-electron chi connectivity index (χ3n) is 4.87. The van der Waals surface area contributed by atoms with Crippen molar-refractivity contribution in [2.24, 2.45) is 0 Å². The first-order valence-electron chi connectivity index (χ1n) is 9.33. The molecular weight excluding hydrogens is 473 g/mol. The smallest absolute Gasteiger partial charge is 0.262 e. The number of nitrogens with one attached hydrogen (secondary N) is 1. The molecule has 3 aromatic rings. The number of nitrogens with zero attached hydrogens (tertiary/aromatic N) is 2. The zero-order chi connectivity index (χ0) is 21.0. The minimum Gasteiger partial charge on any atom is -0.345 e. The van der Waals surface area contributed by atoms with E-state index in [2.05, 4.69) is 56.7 Å². The first-order valence-corrected chi connectivity index (χ1v) is 10.4. The zero-order valence-electron chi connectivity index (χ0n) is 16.6. The van der Waals surface area contributed by atoms with Gasteiger partial charge in [-0.2, -0.15) is 5.26 Å². The van der Waals surface area contributed by atoms with Crippen molar-refractivity contribution in [1.29, 1.82) is 5.26 Å². The van der Waals surface area contributed by atoms with Crippen molar-refractivity contribution in [2.75, 3.05) is 0 Å². The summed E-state index contributed by atoms with van der Waals surface area (Å²) in [5.74, 6) is -0.372. The van der Waals surface area contributed by atoms with Crippen LogP contribution in [0.5, 0.6) is 0 Å². The van der Waals surface area contributed by atoms with Crippen LogP contribution in [0.4, 0.5) is 0 Å². The third kappa shape index (κ3) is 4.77. The number of carbonyl (C=O) groups is 1. The summed E-state index contributed by atoms with van der Waals surface area (Å²) in [6.45, 7) is 5.92. The second-order valence-electron chi connectivity index (χ2n) is 6.91. The minimum absolute atomic E-state index is 0.0932. The second-order valence-corrected chi connectivity index (χ2v) is 8.16. The molecule has 1 atom stereocenters. The van der Waals surface area contributed by atoms with E-state index in [1.807, 2.05) is 63.2 Å². The Kier molecular flexibility index (Phi) is 6.55. The van der Waals surface area contributed by atoms with E-state index in [0.29, 0.717) is 0 Å². The van der Waals surface area contributed by atoms with Gasteiger partial charge in [0.25, 0.3) is 5.91 Å². The SMILES string of the molecule is Cc1cc(/C=C(\C#N)C(=O)N[C@H](C)c2ccccc2)c(C)n1-c1ccc(I)cc1. The van der Waals surface area contributed by atoms with Gasteiger partial charge in [0.05, 0.1) is 6.04 Å². The average molecular weight is 495 g/mol. The van der Waals surface area contributed by atoms with Gasteiger partial charge in [-0.1, -0.05) is 30.3 Å². The maximum absolute atomic E-state index is 12.7. The van der Waals surface area contributed by atoms with Crippen molar-refractivity contribution in [1.82, 2.24) is 9.88 Å². The van der Waals surface area contributed by atoms with Gasteiger partial charge in [-0.25, -0.2) is 0 Å². The summed E-state index contributed by atoms with van der Waals surface area (Å²) in [4.78, 5) is 12.7. The summed E-state index contributed by atoms with van der Waals surface area (Å²) in [6.07, 6.45) is 1.67. The molecule has 0 fully saturated rings. The van der Waals surface area contributed by atoms with Crippen molar-refractivity contribution in [2.45, 2.75) is 26.8 Å². The molecule has 0 spiro atoms. The molecule has 0 aliphatic heterocycles. The molecule has 0 radical (unpaired) electrons. The topological polar surface area (TPSA) is 57.8 Å². The second kappa shape index (κ2) is 9.10. The Bertz CT molecular complexity index is 1090. The Morgan fingerprint density at radius 1 is 1.14 bits per heavy atom. The van der Waals surface area contributed by atoms with Crippen molar-refractivity contribution in [3.63, 3.8) is 0 Å². The van der Waals surface area contributed by atoms with Gasteiger partial charge in [-0.05, 0) is 90.9 Å². The maximum atomic E-state index is 12.7. The number of benzene rings is 2. The molecule has 3 rings (SSSR count). The molecule has 0 unspecified atom stereocenters. The number of carbonyl (C=O) groups excluding carboxylic acids is 1. The molecule has 2 aromatic carbocycles. The highest BCUT2D eigenvalue weighted by atomic mass is 127. The van der Waals surface area contributed by atoms with Gasteiger partial charge in [0, 0.05) is 20.6 Å². The molecular formula is C24H22IN3O. The molecule has 0 bridgehead atoms. The number of amides is 1. The molecule has 5 heteroatoms. The molecule has 0 aliphatic carbocycles. The van der Waals surface area contributed by atoms with Crippen LogP contribution in [0.15, 0.2) is 66.2 Å². The highest BCUT2D eigenvalue weighted by molar-refractivity contribution is 14.1. The van der Waals surface area contributed by atoms with Gasteiger partial charge in [0.15, 0.2) is 0 Å². The number of rotatable bonds is 5. The summed E-state index contributed by atoms with van der Waals surface area (Å²) >= 11 is 2.28. The monoisotopic (exact) mass is 495 g/mol. The van der Waals surface area contributed by atoms with Crippen LogP contribution in [0.1, 0.15) is 35.5 Å². The Balaban J connectivity index is 1.88. The average Bonchev–Trinajstić information content (AvgIpc) is 3.00. The standard InChI is InChI=1S/C24H22IN3O/c1-16-13-20(18(3)28(16)23-11-9-22(25)10-12-23)14-21(15-26)24(29)27-17(2)19-7-5-4-6-8-19/h4-14,17H,1-3H3,(H,27,29)/b21-14+/t17-/m1/s1. The molecule has 1 N–H and O–H groups in total. The van der Waals surface area contributed by atoms with E-state index >= 15 is 0 Å². The quantitative estimate of drug-likeness (QED) is 0.290. The Hall–Kier alpha value is -2.85. The highest BCUT2D eigenvalue weighted by Crippen LogP contribution is 2.23. The Morgan fingerprint density at radius 3 is 2.41 bits per heavy atom. The molecule has 146 valence electrons.